The Kier molecular flexibility index (Phi) is 2.63. The molecule has 0 N–H and O–H groups in total. The van der Waals surface area contributed by atoms with Crippen molar-refractivity contribution in [3.63, 3.8) is 0 Å². The number of likely N-dealkylation sites (tertiary alicyclic amines) is 1. The lowest BCUT2D eigenvalue weighted by molar-refractivity contribution is -0.247. The Labute approximate surface area is 72.3 Å². The molecule has 0 aliphatic carbocycles. The van der Waals surface area contributed by atoms with Crippen molar-refractivity contribution in [3.8, 4) is 0 Å². The van der Waals surface area contributed by atoms with E-state index in [0.29, 0.717) is 6.42 Å². The number of carbonyl (C=O) groups excluding carboxylic acids is 1. The monoisotopic (exact) mass is 201 g/mol. The van der Waals surface area contributed by atoms with E-state index in [0.717, 1.165) is 0 Å². The van der Waals surface area contributed by atoms with Crippen LogP contribution in [0.1, 0.15) is 12.8 Å². The van der Waals surface area contributed by atoms with Crippen LogP contribution in [0.3, 0.4) is 0 Å². The molecule has 2 nitrogen and oxygen atoms in total. The highest BCUT2D eigenvalue weighted by molar-refractivity contribution is 6.64. The first-order valence-corrected chi connectivity index (χ1v) is 3.83. The molecular formula is C6H7ClF3NO. The summed E-state index contributed by atoms with van der Waals surface area (Å²) in [4.78, 5) is 10.7. The Morgan fingerprint density at radius 3 is 2.42 bits per heavy atom. The molecule has 1 atom stereocenters. The Morgan fingerprint density at radius 2 is 2.08 bits per heavy atom. The van der Waals surface area contributed by atoms with Crippen LogP contribution in [-0.4, -0.2) is 29.0 Å². The summed E-state index contributed by atoms with van der Waals surface area (Å²) in [6.45, 7) is -0.132. The van der Waals surface area contributed by atoms with Crippen LogP contribution < -0.4 is 0 Å². The molecule has 0 bridgehead atoms. The molecule has 1 aliphatic rings. The number of carbonyl (C=O) groups is 1. The molecule has 0 radical (unpaired) electrons. The predicted molar refractivity (Wildman–Crippen MR) is 36.6 cm³/mol. The van der Waals surface area contributed by atoms with E-state index in [9.17, 15) is 18.0 Å². The molecule has 0 aromatic carbocycles. The first-order chi connectivity index (χ1) is 5.43. The van der Waals surface area contributed by atoms with Crippen molar-refractivity contribution in [3.05, 3.63) is 0 Å². The van der Waals surface area contributed by atoms with Crippen LogP contribution in [0.5, 0.6) is 0 Å². The van der Waals surface area contributed by atoms with E-state index in [1.54, 1.807) is 0 Å². The molecule has 12 heavy (non-hydrogen) atoms. The molecule has 0 spiro atoms. The number of hydrogen-bond donors (Lipinski definition) is 0. The van der Waals surface area contributed by atoms with Crippen LogP contribution in [-0.2, 0) is 4.79 Å². The van der Waals surface area contributed by atoms with E-state index in [2.05, 4.69) is 0 Å². The molecule has 1 fully saturated rings. The zero-order chi connectivity index (χ0) is 9.35. The second-order valence-corrected chi connectivity index (χ2v) is 3.00. The molecule has 1 rings (SSSR count). The minimum atomic E-state index is -4.44. The normalized spacial score (nSPS) is 26.2. The first-order valence-electron chi connectivity index (χ1n) is 3.46. The molecule has 1 heterocycles. The van der Waals surface area contributed by atoms with E-state index >= 15 is 0 Å². The Bertz CT molecular complexity index is 194. The molecular weight excluding hydrogens is 195 g/mol. The lowest BCUT2D eigenvalue weighted by Gasteiger charge is -2.23. The van der Waals surface area contributed by atoms with E-state index in [1.807, 2.05) is 0 Å². The average Bonchev–Trinajstić information content (AvgIpc) is 2.30. The topological polar surface area (TPSA) is 20.3 Å². The Morgan fingerprint density at radius 1 is 1.50 bits per heavy atom. The third kappa shape index (κ3) is 1.90. The minimum Gasteiger partial charge on any atom is -0.280 e. The highest BCUT2D eigenvalue weighted by Gasteiger charge is 2.46. The van der Waals surface area contributed by atoms with Crippen LogP contribution in [0, 0.1) is 0 Å². The third-order valence-electron chi connectivity index (χ3n) is 1.84. The van der Waals surface area contributed by atoms with Crippen LogP contribution in [0.4, 0.5) is 13.2 Å². The average molecular weight is 202 g/mol. The Hall–Kier alpha value is -0.290. The van der Waals surface area contributed by atoms with Gasteiger partial charge in [-0.25, -0.2) is 4.90 Å². The largest absolute Gasteiger partial charge is 0.460 e. The highest BCUT2D eigenvalue weighted by atomic mass is 35.5. The SMILES string of the molecule is O=C(Cl)[C@@H]1CCCN1C(F)(F)F. The van der Waals surface area contributed by atoms with Crippen molar-refractivity contribution < 1.29 is 18.0 Å². The number of hydrogen-bond acceptors (Lipinski definition) is 2. The second-order valence-electron chi connectivity index (χ2n) is 2.62. The smallest absolute Gasteiger partial charge is 0.280 e. The summed E-state index contributed by atoms with van der Waals surface area (Å²) in [7, 11) is 0. The molecule has 0 unspecified atom stereocenters. The van der Waals surface area contributed by atoms with Crippen molar-refractivity contribution in [2.45, 2.75) is 25.2 Å². The van der Waals surface area contributed by atoms with Gasteiger partial charge in [-0.3, -0.25) is 4.79 Å². The van der Waals surface area contributed by atoms with Crippen molar-refractivity contribution >= 4 is 16.8 Å². The van der Waals surface area contributed by atoms with Crippen LogP contribution in [0.25, 0.3) is 0 Å². The zero-order valence-corrected chi connectivity index (χ0v) is 6.82. The number of rotatable bonds is 1. The van der Waals surface area contributed by atoms with Gasteiger partial charge in [-0.05, 0) is 24.4 Å². The van der Waals surface area contributed by atoms with Gasteiger partial charge < -0.3 is 0 Å². The molecule has 0 aromatic rings. The molecule has 1 aliphatic heterocycles. The maximum Gasteiger partial charge on any atom is 0.460 e. The van der Waals surface area contributed by atoms with Crippen molar-refractivity contribution in [2.24, 2.45) is 0 Å². The van der Waals surface area contributed by atoms with Gasteiger partial charge in [-0.15, -0.1) is 0 Å². The van der Waals surface area contributed by atoms with E-state index in [-0.39, 0.29) is 17.9 Å². The molecule has 0 aromatic heterocycles. The number of halogens is 4. The van der Waals surface area contributed by atoms with Gasteiger partial charge >= 0.3 is 6.30 Å². The summed E-state index contributed by atoms with van der Waals surface area (Å²) in [5.41, 5.74) is 0. The zero-order valence-electron chi connectivity index (χ0n) is 6.07. The quantitative estimate of drug-likeness (QED) is 0.476. The highest BCUT2D eigenvalue weighted by Crippen LogP contribution is 2.31. The van der Waals surface area contributed by atoms with E-state index in [1.165, 1.54) is 0 Å². The maximum absolute atomic E-state index is 12.1. The van der Waals surface area contributed by atoms with Gasteiger partial charge in [0.05, 0.1) is 6.04 Å². The molecule has 1 saturated heterocycles. The predicted octanol–water partition coefficient (Wildman–Crippen LogP) is 1.74. The second kappa shape index (κ2) is 3.22. The van der Waals surface area contributed by atoms with Crippen molar-refractivity contribution in [2.75, 3.05) is 6.54 Å². The van der Waals surface area contributed by atoms with Gasteiger partial charge in [-0.2, -0.15) is 13.2 Å². The minimum absolute atomic E-state index is 0.132. The van der Waals surface area contributed by atoms with Gasteiger partial charge in [0.25, 0.3) is 0 Å². The fourth-order valence-electron chi connectivity index (χ4n) is 1.31. The Balaban J connectivity index is 2.71. The summed E-state index contributed by atoms with van der Waals surface area (Å²) >= 11 is 5.00. The fourth-order valence-corrected chi connectivity index (χ4v) is 1.53. The maximum atomic E-state index is 12.1. The third-order valence-corrected chi connectivity index (χ3v) is 2.09. The number of nitrogens with zero attached hydrogens (tertiary/aromatic N) is 1. The summed E-state index contributed by atoms with van der Waals surface area (Å²) in [6, 6.07) is -1.17. The van der Waals surface area contributed by atoms with Gasteiger partial charge in [0.1, 0.15) is 0 Å². The lowest BCUT2D eigenvalue weighted by atomic mass is 10.2. The van der Waals surface area contributed by atoms with Gasteiger partial charge in [0, 0.05) is 6.54 Å². The standard InChI is InChI=1S/C6H7ClF3NO/c7-5(12)4-2-1-3-11(4)6(8,9)10/h4H,1-3H2/t4-/m0/s1. The van der Waals surface area contributed by atoms with Crippen LogP contribution in [0.15, 0.2) is 0 Å². The lowest BCUT2D eigenvalue weighted by Crippen LogP contribution is -2.44. The number of alkyl halides is 3. The van der Waals surface area contributed by atoms with Crippen molar-refractivity contribution in [1.29, 1.82) is 0 Å². The molecule has 0 saturated carbocycles. The molecule has 70 valence electrons. The van der Waals surface area contributed by atoms with E-state index < -0.39 is 17.6 Å². The van der Waals surface area contributed by atoms with Crippen LogP contribution >= 0.6 is 11.6 Å². The summed E-state index contributed by atoms with van der Waals surface area (Å²) < 4.78 is 36.3. The molecule has 0 amide bonds. The summed E-state index contributed by atoms with van der Waals surface area (Å²) in [6.07, 6.45) is -3.88. The first kappa shape index (κ1) is 9.80. The van der Waals surface area contributed by atoms with Gasteiger partial charge in [0.15, 0.2) is 0 Å². The van der Waals surface area contributed by atoms with Gasteiger partial charge in [0.2, 0.25) is 5.24 Å². The summed E-state index contributed by atoms with van der Waals surface area (Å²) in [5, 5.41) is -0.926. The fraction of sp³-hybridized carbons (Fsp3) is 0.833. The van der Waals surface area contributed by atoms with Crippen molar-refractivity contribution in [1.82, 2.24) is 4.90 Å². The van der Waals surface area contributed by atoms with E-state index in [4.69, 9.17) is 11.6 Å². The summed E-state index contributed by atoms with van der Waals surface area (Å²) in [5.74, 6) is 0. The molecule has 6 heteroatoms. The van der Waals surface area contributed by atoms with Crippen LogP contribution in [0.2, 0.25) is 0 Å². The van der Waals surface area contributed by atoms with Gasteiger partial charge in [-0.1, -0.05) is 0 Å².